The van der Waals surface area contributed by atoms with Gasteiger partial charge in [-0.25, -0.2) is 9.36 Å². The van der Waals surface area contributed by atoms with Gasteiger partial charge in [-0.05, 0) is 53.7 Å². The van der Waals surface area contributed by atoms with Crippen molar-refractivity contribution in [2.45, 2.75) is 84.0 Å². The van der Waals surface area contributed by atoms with E-state index in [4.69, 9.17) is 22.7 Å². The lowest BCUT2D eigenvalue weighted by Crippen LogP contribution is -2.67. The maximum absolute atomic E-state index is 14.2. The first-order valence-electron chi connectivity index (χ1n) is 17.2. The number of hydrogen-bond acceptors (Lipinski definition) is 7. The zero-order valence-electron chi connectivity index (χ0n) is 30.0. The van der Waals surface area contributed by atoms with Gasteiger partial charge in [0.25, 0.3) is 8.32 Å². The molecule has 0 bridgehead atoms. The first-order chi connectivity index (χ1) is 23.8. The lowest BCUT2D eigenvalue weighted by molar-refractivity contribution is 0.0141. The molecule has 2 atom stereocenters. The van der Waals surface area contributed by atoms with Crippen LogP contribution in [0.25, 0.3) is 0 Å². The zero-order chi connectivity index (χ0) is 35.8. The van der Waals surface area contributed by atoms with Gasteiger partial charge in [-0.2, -0.15) is 0 Å². The van der Waals surface area contributed by atoms with Gasteiger partial charge in [-0.15, -0.1) is 0 Å². The van der Waals surface area contributed by atoms with E-state index in [0.717, 1.165) is 21.5 Å². The standard InChI is InChI=1S/C40H50NO7PSi/c1-39(2,3)47-38(42)41-28-35(48-50(40(4,5)6,36-23-15-9-16-24-36)37-25-17-10-18-26-37)27-34(41)31-46-49(43,44-29-32-19-11-7-12-20-32)45-30-33-21-13-8-14-22-33/h7-26,34-35H,27-31H2,1-6H3/t34-,35+/m0/s1. The van der Waals surface area contributed by atoms with Crippen LogP contribution in [0.1, 0.15) is 59.1 Å². The smallest absolute Gasteiger partial charge is 0.444 e. The van der Waals surface area contributed by atoms with Crippen LogP contribution in [-0.4, -0.2) is 50.2 Å². The average Bonchev–Trinajstić information content (AvgIpc) is 3.51. The van der Waals surface area contributed by atoms with Crippen LogP contribution in [0, 0.1) is 0 Å². The maximum atomic E-state index is 14.2. The van der Waals surface area contributed by atoms with Crippen molar-refractivity contribution in [2.75, 3.05) is 13.2 Å². The number of carbonyl (C=O) groups excluding carboxylic acids is 1. The van der Waals surface area contributed by atoms with Gasteiger partial charge < -0.3 is 14.1 Å². The number of likely N-dealkylation sites (tertiary alicyclic amines) is 1. The van der Waals surface area contributed by atoms with Gasteiger partial charge in [-0.3, -0.25) is 13.6 Å². The minimum Gasteiger partial charge on any atom is -0.444 e. The first kappa shape index (κ1) is 37.7. The number of ether oxygens (including phenoxy) is 1. The molecule has 266 valence electrons. The summed E-state index contributed by atoms with van der Waals surface area (Å²) in [4.78, 5) is 15.4. The third-order valence-electron chi connectivity index (χ3n) is 8.65. The van der Waals surface area contributed by atoms with Crippen LogP contribution in [0.3, 0.4) is 0 Å². The van der Waals surface area contributed by atoms with Crippen molar-refractivity contribution in [3.05, 3.63) is 132 Å². The van der Waals surface area contributed by atoms with Crippen molar-refractivity contribution < 1.29 is 32.1 Å². The summed E-state index contributed by atoms with van der Waals surface area (Å²) >= 11 is 0. The van der Waals surface area contributed by atoms with E-state index in [2.05, 4.69) is 69.3 Å². The summed E-state index contributed by atoms with van der Waals surface area (Å²) in [5.74, 6) is 0. The van der Waals surface area contributed by atoms with E-state index < -0.39 is 33.9 Å². The van der Waals surface area contributed by atoms with Crippen LogP contribution < -0.4 is 10.4 Å². The summed E-state index contributed by atoms with van der Waals surface area (Å²) in [5.41, 5.74) is 0.941. The molecule has 1 heterocycles. The molecule has 0 saturated carbocycles. The van der Waals surface area contributed by atoms with Crippen LogP contribution >= 0.6 is 7.82 Å². The minimum absolute atomic E-state index is 0.0347. The van der Waals surface area contributed by atoms with Crippen molar-refractivity contribution in [3.8, 4) is 0 Å². The largest absolute Gasteiger partial charge is 0.475 e. The molecular formula is C40H50NO7PSi. The predicted molar refractivity (Wildman–Crippen MR) is 200 cm³/mol. The van der Waals surface area contributed by atoms with Gasteiger partial charge in [0, 0.05) is 6.54 Å². The molecule has 10 heteroatoms. The third kappa shape index (κ3) is 9.60. The Labute approximate surface area is 298 Å². The van der Waals surface area contributed by atoms with Gasteiger partial charge in [-0.1, -0.05) is 142 Å². The van der Waals surface area contributed by atoms with Gasteiger partial charge >= 0.3 is 13.9 Å². The van der Waals surface area contributed by atoms with E-state index in [1.165, 1.54) is 0 Å². The molecule has 1 fully saturated rings. The fourth-order valence-corrected chi connectivity index (χ4v) is 12.2. The molecule has 0 N–H and O–H groups in total. The molecule has 4 aromatic carbocycles. The Hall–Kier alpha value is -3.56. The number of rotatable bonds is 13. The van der Waals surface area contributed by atoms with Crippen LogP contribution in [0.2, 0.25) is 5.04 Å². The van der Waals surface area contributed by atoms with E-state index in [1.54, 1.807) is 4.90 Å². The molecule has 1 aliphatic heterocycles. The van der Waals surface area contributed by atoms with Crippen molar-refractivity contribution >= 4 is 32.6 Å². The van der Waals surface area contributed by atoms with Crippen molar-refractivity contribution in [1.29, 1.82) is 0 Å². The van der Waals surface area contributed by atoms with Gasteiger partial charge in [0.2, 0.25) is 0 Å². The molecule has 1 saturated heterocycles. The van der Waals surface area contributed by atoms with Crippen molar-refractivity contribution in [3.63, 3.8) is 0 Å². The van der Waals surface area contributed by atoms with Gasteiger partial charge in [0.15, 0.2) is 0 Å². The average molecular weight is 716 g/mol. The number of carbonyl (C=O) groups is 1. The molecule has 50 heavy (non-hydrogen) atoms. The second kappa shape index (κ2) is 16.2. The van der Waals surface area contributed by atoms with E-state index >= 15 is 0 Å². The Morgan fingerprint density at radius 1 is 0.700 bits per heavy atom. The topological polar surface area (TPSA) is 83.5 Å². The molecule has 5 rings (SSSR count). The fourth-order valence-electron chi connectivity index (χ4n) is 6.35. The number of phosphoric ester groups is 1. The number of amides is 1. The molecule has 4 aromatic rings. The van der Waals surface area contributed by atoms with E-state index in [1.807, 2.05) is 93.6 Å². The first-order valence-corrected chi connectivity index (χ1v) is 20.5. The van der Waals surface area contributed by atoms with Crippen molar-refractivity contribution in [2.24, 2.45) is 0 Å². The molecule has 0 radical (unpaired) electrons. The van der Waals surface area contributed by atoms with Crippen LogP contribution in [0.4, 0.5) is 4.79 Å². The van der Waals surface area contributed by atoms with Gasteiger partial charge in [0.1, 0.15) is 5.60 Å². The Balaban J connectivity index is 1.43. The van der Waals surface area contributed by atoms with E-state index in [-0.39, 0.29) is 37.5 Å². The van der Waals surface area contributed by atoms with Crippen LogP contribution in [-0.2, 0) is 40.5 Å². The minimum atomic E-state index is -4.09. The fraction of sp³-hybridized carbons (Fsp3) is 0.375. The highest BCUT2D eigenvalue weighted by molar-refractivity contribution is 7.48. The lowest BCUT2D eigenvalue weighted by Gasteiger charge is -2.44. The van der Waals surface area contributed by atoms with E-state index in [9.17, 15) is 9.36 Å². The van der Waals surface area contributed by atoms with Crippen LogP contribution in [0.15, 0.2) is 121 Å². The Morgan fingerprint density at radius 3 is 1.56 bits per heavy atom. The number of benzene rings is 4. The molecule has 1 amide bonds. The summed E-state index contributed by atoms with van der Waals surface area (Å²) in [7, 11) is -7.03. The predicted octanol–water partition coefficient (Wildman–Crippen LogP) is 8.50. The summed E-state index contributed by atoms with van der Waals surface area (Å²) in [6.07, 6.45) is -0.386. The molecule has 1 aliphatic rings. The molecule has 8 nitrogen and oxygen atoms in total. The normalized spacial score (nSPS) is 17.1. The second-order valence-corrected chi connectivity index (χ2v) is 20.6. The van der Waals surface area contributed by atoms with Crippen molar-refractivity contribution in [1.82, 2.24) is 4.90 Å². The number of hydrogen-bond donors (Lipinski definition) is 0. The number of nitrogens with zero attached hydrogens (tertiary/aromatic N) is 1. The SMILES string of the molecule is CC(C)(C)OC(=O)N1C[C@H](O[Si](c2ccccc2)(c2ccccc2)C(C)(C)C)C[C@H]1COP(=O)(OCc1ccccc1)OCc1ccccc1. The Kier molecular flexibility index (Phi) is 12.2. The lowest BCUT2D eigenvalue weighted by atomic mass is 10.2. The summed E-state index contributed by atoms with van der Waals surface area (Å²) < 4.78 is 45.4. The quantitative estimate of drug-likeness (QED) is 0.101. The molecule has 0 spiro atoms. The van der Waals surface area contributed by atoms with Gasteiger partial charge in [0.05, 0.1) is 32.0 Å². The zero-order valence-corrected chi connectivity index (χ0v) is 31.9. The number of phosphoric acid groups is 1. The molecule has 0 aromatic heterocycles. The summed E-state index contributed by atoms with van der Waals surface area (Å²) in [6.45, 7) is 12.5. The summed E-state index contributed by atoms with van der Waals surface area (Å²) in [6, 6.07) is 39.2. The third-order valence-corrected chi connectivity index (χ3v) is 15.1. The summed E-state index contributed by atoms with van der Waals surface area (Å²) in [5, 5.41) is 2.04. The van der Waals surface area contributed by atoms with Crippen LogP contribution in [0.5, 0.6) is 0 Å². The highest BCUT2D eigenvalue weighted by Gasteiger charge is 2.53. The maximum Gasteiger partial charge on any atom is 0.475 e. The molecule has 0 unspecified atom stereocenters. The van der Waals surface area contributed by atoms with E-state index in [0.29, 0.717) is 6.42 Å². The second-order valence-electron chi connectivity index (χ2n) is 14.7. The molecule has 0 aliphatic carbocycles. The molecular weight excluding hydrogens is 666 g/mol. The Bertz CT molecular complexity index is 1610. The monoisotopic (exact) mass is 715 g/mol. The highest BCUT2D eigenvalue weighted by Crippen LogP contribution is 2.51. The Morgan fingerprint density at radius 2 is 1.14 bits per heavy atom. The highest BCUT2D eigenvalue weighted by atomic mass is 31.2.